The molecule has 0 aliphatic carbocycles. The van der Waals surface area contributed by atoms with Crippen LogP contribution < -0.4 is 5.32 Å². The van der Waals surface area contributed by atoms with E-state index in [9.17, 15) is 9.18 Å². The fourth-order valence-corrected chi connectivity index (χ4v) is 1.87. The number of allylic oxidation sites excluding steroid dienone is 1. The van der Waals surface area contributed by atoms with Gasteiger partial charge in [0.1, 0.15) is 18.5 Å². The molecule has 0 unspecified atom stereocenters. The summed E-state index contributed by atoms with van der Waals surface area (Å²) in [6, 6.07) is -0.392. The van der Waals surface area contributed by atoms with Crippen LogP contribution >= 0.6 is 0 Å². The van der Waals surface area contributed by atoms with Crippen molar-refractivity contribution < 1.29 is 19.0 Å². The maximum absolute atomic E-state index is 13.4. The number of hydrogen-bond donors (Lipinski definition) is 2. The molecule has 2 heterocycles. The number of urea groups is 1. The predicted molar refractivity (Wildman–Crippen MR) is 58.5 cm³/mol. The molecule has 0 spiro atoms. The van der Waals surface area contributed by atoms with Crippen molar-refractivity contribution in [2.45, 2.75) is 31.8 Å². The number of alkyl halides is 1. The van der Waals surface area contributed by atoms with E-state index in [1.54, 1.807) is 13.1 Å². The maximum Gasteiger partial charge on any atom is 0.327 e. The molecule has 2 N–H and O–H groups in total. The molecule has 3 atom stereocenters. The van der Waals surface area contributed by atoms with Gasteiger partial charge < -0.3 is 15.2 Å². The fraction of sp³-hybridized carbons (Fsp3) is 0.545. The van der Waals surface area contributed by atoms with E-state index < -0.39 is 24.5 Å². The topological polar surface area (TPSA) is 61.8 Å². The van der Waals surface area contributed by atoms with Gasteiger partial charge in [0.05, 0.1) is 6.61 Å². The van der Waals surface area contributed by atoms with Crippen LogP contribution in [0.3, 0.4) is 0 Å². The van der Waals surface area contributed by atoms with E-state index in [0.29, 0.717) is 5.70 Å². The molecule has 2 aliphatic rings. The van der Waals surface area contributed by atoms with Gasteiger partial charge in [-0.15, -0.1) is 0 Å². The predicted octanol–water partition coefficient (Wildman–Crippen LogP) is 0.875. The van der Waals surface area contributed by atoms with Crippen molar-refractivity contribution in [1.29, 1.82) is 0 Å². The van der Waals surface area contributed by atoms with Crippen molar-refractivity contribution in [1.82, 2.24) is 10.2 Å². The molecule has 0 saturated carbocycles. The molecule has 5 nitrogen and oxygen atoms in total. The fourth-order valence-electron chi connectivity index (χ4n) is 1.87. The summed E-state index contributed by atoms with van der Waals surface area (Å²) in [5.41, 5.74) is 1.32. The van der Waals surface area contributed by atoms with Crippen LogP contribution in [-0.4, -0.2) is 41.1 Å². The van der Waals surface area contributed by atoms with Gasteiger partial charge in [0.2, 0.25) is 0 Å². The number of halogens is 1. The molecule has 0 aromatic carbocycles. The van der Waals surface area contributed by atoms with Crippen LogP contribution in [0.1, 0.15) is 13.3 Å². The Hall–Kier alpha value is -1.40. The average molecular weight is 242 g/mol. The SMILES string of the molecule is C=C1NC(=O)N([C@H]2C[C@@H](F)[C@@H](CO)O2)C=C1C. The first-order valence-electron chi connectivity index (χ1n) is 5.40. The Morgan fingerprint density at radius 2 is 2.47 bits per heavy atom. The van der Waals surface area contributed by atoms with Crippen LogP contribution in [0.2, 0.25) is 0 Å². The van der Waals surface area contributed by atoms with E-state index >= 15 is 0 Å². The number of amides is 2. The van der Waals surface area contributed by atoms with E-state index in [4.69, 9.17) is 9.84 Å². The number of hydrogen-bond acceptors (Lipinski definition) is 3. The summed E-state index contributed by atoms with van der Waals surface area (Å²) in [4.78, 5) is 13.0. The van der Waals surface area contributed by atoms with Gasteiger partial charge in [0.25, 0.3) is 0 Å². The van der Waals surface area contributed by atoms with Crippen molar-refractivity contribution in [3.05, 3.63) is 24.0 Å². The van der Waals surface area contributed by atoms with Crippen molar-refractivity contribution in [3.63, 3.8) is 0 Å². The Balaban J connectivity index is 2.13. The largest absolute Gasteiger partial charge is 0.394 e. The Kier molecular flexibility index (Phi) is 3.17. The molecule has 0 aromatic rings. The van der Waals surface area contributed by atoms with Crippen LogP contribution in [0.15, 0.2) is 24.0 Å². The molecule has 17 heavy (non-hydrogen) atoms. The standard InChI is InChI=1S/C11H15FN2O3/c1-6-4-14(11(16)13-7(6)2)10-3-8(12)9(5-15)17-10/h4,8-10,15H,2-3,5H2,1H3,(H,13,16)/t8-,9-,10-/m1/s1. The van der Waals surface area contributed by atoms with Crippen LogP contribution in [0.5, 0.6) is 0 Å². The second-order valence-electron chi connectivity index (χ2n) is 4.19. The summed E-state index contributed by atoms with van der Waals surface area (Å²) in [6.07, 6.45) is -1.14. The summed E-state index contributed by atoms with van der Waals surface area (Å²) >= 11 is 0. The van der Waals surface area contributed by atoms with Gasteiger partial charge in [-0.1, -0.05) is 6.58 Å². The van der Waals surface area contributed by atoms with E-state index in [-0.39, 0.29) is 13.0 Å². The second-order valence-corrected chi connectivity index (χ2v) is 4.19. The summed E-state index contributed by atoms with van der Waals surface area (Å²) in [7, 11) is 0. The number of aliphatic hydroxyl groups is 1. The number of carbonyl (C=O) groups is 1. The minimum absolute atomic E-state index is 0.0644. The van der Waals surface area contributed by atoms with E-state index in [1.807, 2.05) is 0 Å². The minimum Gasteiger partial charge on any atom is -0.394 e. The van der Waals surface area contributed by atoms with Gasteiger partial charge in [-0.25, -0.2) is 9.18 Å². The lowest BCUT2D eigenvalue weighted by Gasteiger charge is -2.30. The van der Waals surface area contributed by atoms with Crippen LogP contribution in [0.4, 0.5) is 9.18 Å². The molecule has 2 aliphatic heterocycles. The van der Waals surface area contributed by atoms with E-state index in [1.165, 1.54) is 4.90 Å². The van der Waals surface area contributed by atoms with Crippen molar-refractivity contribution in [2.24, 2.45) is 0 Å². The third kappa shape index (κ3) is 2.18. The summed E-state index contributed by atoms with van der Waals surface area (Å²) in [5.74, 6) is 0. The summed E-state index contributed by atoms with van der Waals surface area (Å²) < 4.78 is 18.7. The average Bonchev–Trinajstić information content (AvgIpc) is 2.65. The zero-order chi connectivity index (χ0) is 12.6. The first-order valence-corrected chi connectivity index (χ1v) is 5.40. The van der Waals surface area contributed by atoms with E-state index in [0.717, 1.165) is 5.57 Å². The van der Waals surface area contributed by atoms with Crippen LogP contribution in [-0.2, 0) is 4.74 Å². The lowest BCUT2D eigenvalue weighted by Crippen LogP contribution is -2.45. The molecule has 2 amide bonds. The highest BCUT2D eigenvalue weighted by Gasteiger charge is 2.40. The molecule has 94 valence electrons. The van der Waals surface area contributed by atoms with Gasteiger partial charge in [-0.05, 0) is 12.5 Å². The van der Waals surface area contributed by atoms with Crippen molar-refractivity contribution in [3.8, 4) is 0 Å². The maximum atomic E-state index is 13.4. The van der Waals surface area contributed by atoms with Crippen LogP contribution in [0.25, 0.3) is 0 Å². The second kappa shape index (κ2) is 4.46. The molecular weight excluding hydrogens is 227 g/mol. The monoisotopic (exact) mass is 242 g/mol. The molecule has 1 fully saturated rings. The highest BCUT2D eigenvalue weighted by Crippen LogP contribution is 2.28. The highest BCUT2D eigenvalue weighted by molar-refractivity contribution is 5.80. The zero-order valence-electron chi connectivity index (χ0n) is 9.52. The van der Waals surface area contributed by atoms with Gasteiger partial charge in [0.15, 0.2) is 0 Å². The lowest BCUT2D eigenvalue weighted by atomic mass is 10.2. The molecule has 0 bridgehead atoms. The smallest absolute Gasteiger partial charge is 0.327 e. The zero-order valence-corrected chi connectivity index (χ0v) is 9.52. The molecule has 0 radical (unpaired) electrons. The van der Waals surface area contributed by atoms with Gasteiger partial charge in [-0.2, -0.15) is 0 Å². The number of nitrogens with one attached hydrogen (secondary N) is 1. The Labute approximate surface area is 98.5 Å². The van der Waals surface area contributed by atoms with Gasteiger partial charge >= 0.3 is 6.03 Å². The first-order chi connectivity index (χ1) is 8.02. The van der Waals surface area contributed by atoms with Crippen molar-refractivity contribution >= 4 is 6.03 Å². The lowest BCUT2D eigenvalue weighted by molar-refractivity contribution is -0.0454. The summed E-state index contributed by atoms with van der Waals surface area (Å²) in [5, 5.41) is 11.5. The summed E-state index contributed by atoms with van der Waals surface area (Å²) in [6.45, 7) is 5.08. The molecule has 1 saturated heterocycles. The number of carbonyl (C=O) groups excluding carboxylic acids is 1. The Morgan fingerprint density at radius 1 is 1.76 bits per heavy atom. The molecular formula is C11H15FN2O3. The number of aliphatic hydroxyl groups excluding tert-OH is 1. The normalized spacial score (nSPS) is 33.7. The molecule has 6 heteroatoms. The molecule has 0 aromatic heterocycles. The number of ether oxygens (including phenoxy) is 1. The van der Waals surface area contributed by atoms with Crippen molar-refractivity contribution in [2.75, 3.05) is 6.61 Å². The molecule has 2 rings (SSSR count). The van der Waals surface area contributed by atoms with Gasteiger partial charge in [0, 0.05) is 18.3 Å². The first kappa shape index (κ1) is 12.1. The van der Waals surface area contributed by atoms with Crippen LogP contribution in [0, 0.1) is 0 Å². The Bertz CT molecular complexity index is 383. The van der Waals surface area contributed by atoms with E-state index in [2.05, 4.69) is 11.9 Å². The highest BCUT2D eigenvalue weighted by atomic mass is 19.1. The Morgan fingerprint density at radius 3 is 3.06 bits per heavy atom. The quantitative estimate of drug-likeness (QED) is 0.755. The minimum atomic E-state index is -1.25. The number of nitrogens with zero attached hydrogens (tertiary/aromatic N) is 1. The number of rotatable bonds is 2. The van der Waals surface area contributed by atoms with Gasteiger partial charge in [-0.3, -0.25) is 4.90 Å². The third-order valence-corrected chi connectivity index (χ3v) is 2.95. The third-order valence-electron chi connectivity index (χ3n) is 2.95.